The molecule has 0 spiro atoms. The lowest BCUT2D eigenvalue weighted by Crippen LogP contribution is -2.09. The van der Waals surface area contributed by atoms with E-state index in [-0.39, 0.29) is 24.7 Å². The van der Waals surface area contributed by atoms with Gasteiger partial charge in [-0.25, -0.2) is 19.9 Å². The van der Waals surface area contributed by atoms with Crippen molar-refractivity contribution in [2.24, 2.45) is 0 Å². The number of hydrogen-bond acceptors (Lipinski definition) is 9. The highest BCUT2D eigenvalue weighted by atomic mass is 16.6. The Labute approximate surface area is 123 Å². The molecule has 22 heavy (non-hydrogen) atoms. The second-order valence-electron chi connectivity index (χ2n) is 4.20. The fraction of sp³-hybridized carbons (Fsp3) is 0.167. The van der Waals surface area contributed by atoms with Crippen LogP contribution in [0.15, 0.2) is 29.1 Å². The van der Waals surface area contributed by atoms with Crippen LogP contribution in [0.4, 0.5) is 11.7 Å². The molecule has 0 fully saturated rings. The number of nitro groups is 1. The molecule has 0 aromatic carbocycles. The summed E-state index contributed by atoms with van der Waals surface area (Å²) < 4.78 is 5.09. The van der Waals surface area contributed by atoms with Crippen LogP contribution >= 0.6 is 0 Å². The van der Waals surface area contributed by atoms with E-state index in [1.165, 1.54) is 24.7 Å². The monoisotopic (exact) mass is 302 g/mol. The minimum atomic E-state index is -0.641. The molecule has 2 N–H and O–H groups in total. The van der Waals surface area contributed by atoms with E-state index in [1.807, 2.05) is 0 Å². The molecule has 3 rings (SSSR count). The van der Waals surface area contributed by atoms with Crippen molar-refractivity contribution < 1.29 is 14.4 Å². The highest BCUT2D eigenvalue weighted by molar-refractivity contribution is 5.86. The number of anilines is 1. The van der Waals surface area contributed by atoms with Crippen LogP contribution in [0.1, 0.15) is 0 Å². The summed E-state index contributed by atoms with van der Waals surface area (Å²) in [6.45, 7) is 0.194. The van der Waals surface area contributed by atoms with Gasteiger partial charge in [0.05, 0.1) is 18.1 Å². The van der Waals surface area contributed by atoms with Crippen LogP contribution in [-0.4, -0.2) is 43.1 Å². The van der Waals surface area contributed by atoms with Crippen LogP contribution in [0.2, 0.25) is 0 Å². The van der Waals surface area contributed by atoms with Gasteiger partial charge in [-0.1, -0.05) is 0 Å². The maximum atomic E-state index is 10.7. The summed E-state index contributed by atoms with van der Waals surface area (Å²) in [5.41, 5.74) is 0.361. The molecule has 0 bridgehead atoms. The summed E-state index contributed by atoms with van der Waals surface area (Å²) in [6, 6.07) is 2.64. The van der Waals surface area contributed by atoms with E-state index in [0.717, 1.165) is 0 Å². The summed E-state index contributed by atoms with van der Waals surface area (Å²) in [5, 5.41) is 23.1. The third-order valence-electron chi connectivity index (χ3n) is 2.77. The molecule has 0 aliphatic carbocycles. The number of aliphatic hydroxyl groups excluding tert-OH is 1. The molecule has 10 nitrogen and oxygen atoms in total. The van der Waals surface area contributed by atoms with Crippen molar-refractivity contribution in [2.45, 2.75) is 0 Å². The van der Waals surface area contributed by atoms with Crippen LogP contribution in [0, 0.1) is 10.1 Å². The van der Waals surface area contributed by atoms with Crippen molar-refractivity contribution in [3.05, 3.63) is 34.8 Å². The standard InChI is InChI=1S/C12H10N6O4/c19-4-3-14-10-7-5-13-6-15-11(7)17-12(16-10)8-1-2-9(22-8)18(20)21/h1-2,5-6,19H,3-4H2,(H,13,14,15,16,17). The number of aliphatic hydroxyl groups is 1. The van der Waals surface area contributed by atoms with Gasteiger partial charge < -0.3 is 14.8 Å². The lowest BCUT2D eigenvalue weighted by Gasteiger charge is -2.07. The number of rotatable bonds is 5. The van der Waals surface area contributed by atoms with Crippen molar-refractivity contribution >= 4 is 22.7 Å². The maximum Gasteiger partial charge on any atom is 0.433 e. The molecule has 0 radical (unpaired) electrons. The van der Waals surface area contributed by atoms with Crippen molar-refractivity contribution in [1.82, 2.24) is 19.9 Å². The third kappa shape index (κ3) is 2.54. The molecule has 0 saturated carbocycles. The van der Waals surface area contributed by atoms with E-state index in [4.69, 9.17) is 9.52 Å². The van der Waals surface area contributed by atoms with Gasteiger partial charge in [0.15, 0.2) is 17.2 Å². The molecule has 0 aliphatic rings. The second kappa shape index (κ2) is 5.69. The average molecular weight is 302 g/mol. The van der Waals surface area contributed by atoms with Gasteiger partial charge in [-0.15, -0.1) is 0 Å². The molecule has 0 atom stereocenters. The first-order valence-corrected chi connectivity index (χ1v) is 6.26. The van der Waals surface area contributed by atoms with E-state index in [0.29, 0.717) is 16.9 Å². The Balaban J connectivity index is 2.10. The fourth-order valence-electron chi connectivity index (χ4n) is 1.84. The third-order valence-corrected chi connectivity index (χ3v) is 2.77. The highest BCUT2D eigenvalue weighted by Gasteiger charge is 2.17. The topological polar surface area (TPSA) is 140 Å². The van der Waals surface area contributed by atoms with Crippen molar-refractivity contribution in [2.75, 3.05) is 18.5 Å². The van der Waals surface area contributed by atoms with E-state index in [2.05, 4.69) is 25.3 Å². The Hall–Kier alpha value is -3.14. The van der Waals surface area contributed by atoms with E-state index in [1.54, 1.807) is 0 Å². The van der Waals surface area contributed by atoms with Gasteiger partial charge in [0, 0.05) is 12.7 Å². The summed E-state index contributed by atoms with van der Waals surface area (Å²) >= 11 is 0. The quantitative estimate of drug-likeness (QED) is 0.521. The van der Waals surface area contributed by atoms with Crippen molar-refractivity contribution in [1.29, 1.82) is 0 Å². The lowest BCUT2D eigenvalue weighted by molar-refractivity contribution is -0.401. The Morgan fingerprint density at radius 2 is 2.23 bits per heavy atom. The smallest absolute Gasteiger partial charge is 0.397 e. The molecule has 0 aliphatic heterocycles. The molecule has 0 saturated heterocycles. The van der Waals surface area contributed by atoms with Gasteiger partial charge in [0.1, 0.15) is 17.1 Å². The molecular formula is C12H10N6O4. The van der Waals surface area contributed by atoms with E-state index >= 15 is 0 Å². The number of nitrogens with one attached hydrogen (secondary N) is 1. The Kier molecular flexibility index (Phi) is 3.58. The predicted molar refractivity (Wildman–Crippen MR) is 75.1 cm³/mol. The van der Waals surface area contributed by atoms with E-state index < -0.39 is 10.8 Å². The Bertz CT molecular complexity index is 833. The van der Waals surface area contributed by atoms with Crippen LogP contribution < -0.4 is 5.32 Å². The Morgan fingerprint density at radius 1 is 1.36 bits per heavy atom. The zero-order chi connectivity index (χ0) is 15.5. The maximum absolute atomic E-state index is 10.7. The minimum Gasteiger partial charge on any atom is -0.397 e. The zero-order valence-electron chi connectivity index (χ0n) is 11.1. The summed E-state index contributed by atoms with van der Waals surface area (Å²) in [4.78, 5) is 26.4. The number of furan rings is 1. The largest absolute Gasteiger partial charge is 0.433 e. The first kappa shape index (κ1) is 13.8. The molecule has 3 heterocycles. The molecule has 0 amide bonds. The normalized spacial score (nSPS) is 10.8. The second-order valence-corrected chi connectivity index (χ2v) is 4.20. The number of hydrogen-bond donors (Lipinski definition) is 2. The number of fused-ring (bicyclic) bond motifs is 1. The van der Waals surface area contributed by atoms with Gasteiger partial charge in [-0.05, 0) is 6.07 Å². The fourth-order valence-corrected chi connectivity index (χ4v) is 1.84. The number of nitrogens with zero attached hydrogens (tertiary/aromatic N) is 5. The first-order valence-electron chi connectivity index (χ1n) is 6.26. The van der Waals surface area contributed by atoms with Crippen LogP contribution in [0.25, 0.3) is 22.6 Å². The zero-order valence-corrected chi connectivity index (χ0v) is 11.1. The molecule has 3 aromatic rings. The van der Waals surface area contributed by atoms with Crippen LogP contribution in [0.3, 0.4) is 0 Å². The SMILES string of the molecule is O=[N+]([O-])c1ccc(-c2nc(NCCO)c3cncnc3n2)o1. The average Bonchev–Trinajstić information content (AvgIpc) is 3.02. The van der Waals surface area contributed by atoms with Crippen LogP contribution in [-0.2, 0) is 0 Å². The van der Waals surface area contributed by atoms with Gasteiger partial charge in [-0.2, -0.15) is 0 Å². The van der Waals surface area contributed by atoms with Gasteiger partial charge in [-0.3, -0.25) is 10.1 Å². The lowest BCUT2D eigenvalue weighted by atomic mass is 10.3. The number of aromatic nitrogens is 4. The summed E-state index contributed by atoms with van der Waals surface area (Å²) in [5.74, 6) is 0.318. The highest BCUT2D eigenvalue weighted by Crippen LogP contribution is 2.26. The van der Waals surface area contributed by atoms with Crippen molar-refractivity contribution in [3.63, 3.8) is 0 Å². The minimum absolute atomic E-state index is 0.0826. The molecule has 3 aromatic heterocycles. The molecular weight excluding hydrogens is 292 g/mol. The van der Waals surface area contributed by atoms with Crippen molar-refractivity contribution in [3.8, 4) is 11.6 Å². The molecule has 112 valence electrons. The van der Waals surface area contributed by atoms with Gasteiger partial charge >= 0.3 is 5.88 Å². The molecule has 10 heteroatoms. The summed E-state index contributed by atoms with van der Waals surface area (Å²) in [7, 11) is 0. The molecule has 0 unspecified atom stereocenters. The summed E-state index contributed by atoms with van der Waals surface area (Å²) in [6.07, 6.45) is 2.87. The Morgan fingerprint density at radius 3 is 2.95 bits per heavy atom. The van der Waals surface area contributed by atoms with E-state index in [9.17, 15) is 10.1 Å². The first-order chi connectivity index (χ1) is 10.7. The predicted octanol–water partition coefficient (Wildman–Crippen LogP) is 0.992. The van der Waals surface area contributed by atoms with Gasteiger partial charge in [0.25, 0.3) is 0 Å². The van der Waals surface area contributed by atoms with Crippen LogP contribution in [0.5, 0.6) is 0 Å². The van der Waals surface area contributed by atoms with Gasteiger partial charge in [0.2, 0.25) is 0 Å².